The van der Waals surface area contributed by atoms with Gasteiger partial charge >= 0.3 is 35.5 Å². The molecule has 7 rings (SSSR count). The third-order valence-electron chi connectivity index (χ3n) is 9.39. The predicted octanol–water partition coefficient (Wildman–Crippen LogP) is 7.19. The summed E-state index contributed by atoms with van der Waals surface area (Å²) in [6.07, 6.45) is 11.6. The molecule has 0 saturated carbocycles. The van der Waals surface area contributed by atoms with Crippen molar-refractivity contribution in [2.75, 3.05) is 88.0 Å². The Hall–Kier alpha value is -3.02. The number of hydrogen-bond acceptors (Lipinski definition) is 24. The average Bonchev–Trinajstić information content (AvgIpc) is 3.42. The molecule has 0 amide bonds. The number of H-pyrrole nitrogens is 3. The standard InChI is InChI=1S/C8H10N2OS2.C8H14O4S.C7H6Cl2N2S.C7H8N2O2S.C7H10O3S.C5H9ClO2.C3H6O2S/c1-12-8-9-5-3-2-4-13-6(5)7(11)10-8;1-11-7(9)4-3-5-13-6-8(10)12-2;8-6-5-4(2-1-3-12-5)10-7(9)11-6;10-6-5-4(2-1-3-12-5)8-7(11)9-6;1-10-7(9)6-5(8)3-2-4-11-6;1-8-5(7)3-2-4-6;1-5-3(4)2-6/h2-4H2,1H3,(H,9,10,11);3-6H2,1-2H3;1-3H2;1-3H2,(H2,8,9,10,11);6H,2-4H2,1H3;2-4H2,1H3;6H,2H2,1H3. The summed E-state index contributed by atoms with van der Waals surface area (Å²) in [5.41, 5.74) is 2.14. The number of halogens is 3. The molecule has 1 fully saturated rings. The smallest absolute Gasteiger partial charge is 0.326 e. The number of methoxy groups -OCH3 is 5. The number of carbonyl (C=O) groups excluding carboxylic acids is 6. The summed E-state index contributed by atoms with van der Waals surface area (Å²) < 4.78 is 21.9. The Balaban J connectivity index is 0.000000443. The zero-order chi connectivity index (χ0) is 56.1. The van der Waals surface area contributed by atoms with Crippen molar-refractivity contribution >= 4 is 154 Å². The molecule has 30 heteroatoms. The lowest BCUT2D eigenvalue weighted by molar-refractivity contribution is -0.143. The number of ether oxygens (including phenoxy) is 5. The Morgan fingerprint density at radius 1 is 0.653 bits per heavy atom. The number of aromatic nitrogens is 6. The van der Waals surface area contributed by atoms with E-state index in [4.69, 9.17) is 34.8 Å². The van der Waals surface area contributed by atoms with Crippen LogP contribution in [0.1, 0.15) is 74.9 Å². The van der Waals surface area contributed by atoms with Crippen LogP contribution in [0.4, 0.5) is 0 Å². The number of aryl methyl sites for hydroxylation is 3. The van der Waals surface area contributed by atoms with Gasteiger partial charge in [0, 0.05) is 30.8 Å². The van der Waals surface area contributed by atoms with E-state index in [0.29, 0.717) is 47.4 Å². The number of carbonyl (C=O) groups is 6. The molecule has 1 atom stereocenters. The second-order valence-corrected chi connectivity index (χ2v) is 22.6. The van der Waals surface area contributed by atoms with Gasteiger partial charge < -0.3 is 33.7 Å². The molecule has 1 unspecified atom stereocenters. The number of hydrogen-bond donors (Lipinski definition) is 4. The van der Waals surface area contributed by atoms with E-state index in [1.54, 1.807) is 23.5 Å². The lowest BCUT2D eigenvalue weighted by atomic mass is 10.1. The quantitative estimate of drug-likeness (QED) is 0.0161. The van der Waals surface area contributed by atoms with Crippen LogP contribution in [0, 0.1) is 0 Å². The highest BCUT2D eigenvalue weighted by molar-refractivity contribution is 8.01. The third-order valence-corrected chi connectivity index (χ3v) is 17.0. The minimum absolute atomic E-state index is 0.00750. The van der Waals surface area contributed by atoms with Gasteiger partial charge in [-0.1, -0.05) is 23.4 Å². The fourth-order valence-corrected chi connectivity index (χ4v) is 11.8. The molecule has 420 valence electrons. The minimum Gasteiger partial charge on any atom is -0.469 e. The van der Waals surface area contributed by atoms with E-state index >= 15 is 0 Å². The number of rotatable bonds is 12. The normalized spacial score (nSPS) is 14.5. The van der Waals surface area contributed by atoms with Crippen LogP contribution in [0.5, 0.6) is 0 Å². The molecule has 0 aromatic carbocycles. The van der Waals surface area contributed by atoms with E-state index in [9.17, 15) is 43.2 Å². The van der Waals surface area contributed by atoms with Crippen molar-refractivity contribution < 1.29 is 52.5 Å². The van der Waals surface area contributed by atoms with Gasteiger partial charge in [-0.3, -0.25) is 43.3 Å². The number of alkyl halides is 1. The molecule has 3 aromatic heterocycles. The zero-order valence-electron chi connectivity index (χ0n) is 42.3. The van der Waals surface area contributed by atoms with Crippen molar-refractivity contribution in [3.05, 3.63) is 58.7 Å². The van der Waals surface area contributed by atoms with E-state index in [0.717, 1.165) is 112 Å². The highest BCUT2D eigenvalue weighted by Gasteiger charge is 2.30. The van der Waals surface area contributed by atoms with Gasteiger partial charge in [-0.25, -0.2) is 19.7 Å². The number of nitrogens with one attached hydrogen (secondary N) is 3. The molecule has 4 aliphatic heterocycles. The van der Waals surface area contributed by atoms with Gasteiger partial charge in [0.25, 0.3) is 11.1 Å². The molecule has 7 heterocycles. The molecule has 0 radical (unpaired) electrons. The van der Waals surface area contributed by atoms with Gasteiger partial charge in [0.1, 0.15) is 5.15 Å². The summed E-state index contributed by atoms with van der Waals surface area (Å²) in [7, 11) is 6.74. The number of fused-ring (bicyclic) bond motifs is 3. The van der Waals surface area contributed by atoms with E-state index in [-0.39, 0.29) is 51.8 Å². The molecule has 20 nitrogen and oxygen atoms in total. The first-order valence-electron chi connectivity index (χ1n) is 22.8. The summed E-state index contributed by atoms with van der Waals surface area (Å²) in [6.45, 7) is 0. The summed E-state index contributed by atoms with van der Waals surface area (Å²) in [4.78, 5) is 119. The molecule has 3 aromatic rings. The first kappa shape index (κ1) is 70.0. The summed E-state index contributed by atoms with van der Waals surface area (Å²) in [5, 5.41) is 0.927. The highest BCUT2D eigenvalue weighted by atomic mass is 35.5. The number of thiol groups is 1. The number of Topliss-reactive ketones (excluding diaryl/α,β-unsaturated/α-hetero) is 1. The van der Waals surface area contributed by atoms with Crippen molar-refractivity contribution in [1.29, 1.82) is 0 Å². The lowest BCUT2D eigenvalue weighted by Crippen LogP contribution is -2.31. The first-order valence-corrected chi connectivity index (χ1v) is 31.1. The van der Waals surface area contributed by atoms with Crippen LogP contribution in [-0.4, -0.2) is 159 Å². The van der Waals surface area contributed by atoms with Gasteiger partial charge in [0.05, 0.1) is 73.1 Å². The van der Waals surface area contributed by atoms with E-state index in [1.807, 2.05) is 6.26 Å². The third kappa shape index (κ3) is 29.5. The summed E-state index contributed by atoms with van der Waals surface area (Å²) >= 11 is 29.6. The second kappa shape index (κ2) is 42.0. The second-order valence-electron chi connectivity index (χ2n) is 14.7. The van der Waals surface area contributed by atoms with Gasteiger partial charge in [-0.05, 0) is 104 Å². The predicted molar refractivity (Wildman–Crippen MR) is 304 cm³/mol. The molecular weight excluding hydrogens is 1180 g/mol. The van der Waals surface area contributed by atoms with Crippen molar-refractivity contribution in [1.82, 2.24) is 29.9 Å². The van der Waals surface area contributed by atoms with Gasteiger partial charge in [-0.2, -0.15) is 24.4 Å². The highest BCUT2D eigenvalue weighted by Crippen LogP contribution is 2.34. The van der Waals surface area contributed by atoms with Crippen LogP contribution in [-0.2, 0) is 71.7 Å². The van der Waals surface area contributed by atoms with Gasteiger partial charge in [-0.15, -0.1) is 58.6 Å². The van der Waals surface area contributed by atoms with E-state index in [2.05, 4.69) is 66.2 Å². The van der Waals surface area contributed by atoms with Crippen molar-refractivity contribution in [2.24, 2.45) is 0 Å². The maximum absolute atomic E-state index is 11.5. The summed E-state index contributed by atoms with van der Waals surface area (Å²) in [5.74, 6) is 4.45. The zero-order valence-corrected chi connectivity index (χ0v) is 50.4. The maximum Gasteiger partial charge on any atom is 0.326 e. The Labute approximate surface area is 481 Å². The number of aromatic amines is 3. The fourth-order valence-electron chi connectivity index (χ4n) is 5.74. The summed E-state index contributed by atoms with van der Waals surface area (Å²) in [6, 6.07) is 0. The molecule has 4 aliphatic rings. The molecule has 0 bridgehead atoms. The molecule has 0 spiro atoms. The van der Waals surface area contributed by atoms with Crippen molar-refractivity contribution in [3.63, 3.8) is 0 Å². The fraction of sp³-hybridized carbons (Fsp3) is 0.600. The maximum atomic E-state index is 11.5. The van der Waals surface area contributed by atoms with Crippen LogP contribution in [0.2, 0.25) is 10.4 Å². The Bertz CT molecular complexity index is 2420. The minimum atomic E-state index is -0.547. The van der Waals surface area contributed by atoms with Crippen LogP contribution < -0.4 is 16.8 Å². The number of thioether (sulfide) groups is 6. The molecule has 1 saturated heterocycles. The van der Waals surface area contributed by atoms with Gasteiger partial charge in [0.15, 0.2) is 16.2 Å². The Morgan fingerprint density at radius 3 is 1.75 bits per heavy atom. The van der Waals surface area contributed by atoms with Crippen molar-refractivity contribution in [3.8, 4) is 0 Å². The molecular formula is C45H63Cl3N6O14S7. The topological polar surface area (TPSA) is 286 Å². The van der Waals surface area contributed by atoms with Crippen molar-refractivity contribution in [2.45, 2.75) is 102 Å². The molecule has 0 aliphatic carbocycles. The SMILES string of the molecule is COC(=O)C1SCCCC1=O.COC(=O)CCCCl.COC(=O)CCCSCC(=O)OC.COC(=O)CS.CSc1nc2c(c(=O)[nH]1)SCCC2.Clc1nc(Cl)c2c(n1)CCCS2.O=c1[nH]c2c(c(=O)[nH]1)SCCC2. The van der Waals surface area contributed by atoms with E-state index < -0.39 is 16.9 Å². The van der Waals surface area contributed by atoms with E-state index in [1.165, 1.54) is 82.6 Å². The number of ketones is 1. The largest absolute Gasteiger partial charge is 0.469 e. The van der Waals surface area contributed by atoms with Crippen LogP contribution in [0.15, 0.2) is 34.2 Å². The Kier molecular flexibility index (Phi) is 39.2. The van der Waals surface area contributed by atoms with Gasteiger partial charge in [0.2, 0.25) is 5.28 Å². The first-order chi connectivity index (χ1) is 35.9. The Morgan fingerprint density at radius 2 is 1.20 bits per heavy atom. The molecule has 75 heavy (non-hydrogen) atoms. The monoisotopic (exact) mass is 1240 g/mol. The van der Waals surface area contributed by atoms with Crippen LogP contribution in [0.3, 0.4) is 0 Å². The molecule has 3 N–H and O–H groups in total. The lowest BCUT2D eigenvalue weighted by Gasteiger charge is -2.17. The van der Waals surface area contributed by atoms with Crippen LogP contribution in [0.25, 0.3) is 0 Å². The van der Waals surface area contributed by atoms with Crippen LogP contribution >= 0.6 is 118 Å². The number of nitrogens with zero attached hydrogens (tertiary/aromatic N) is 3. The number of esters is 5. The average molecular weight is 1240 g/mol.